The average molecular weight is 367 g/mol. The molecule has 0 aliphatic heterocycles. The maximum atomic E-state index is 14.0. The number of Topliss-reactive ketones (excluding diaryl/α,β-unsaturated/α-hetero) is 1. The summed E-state index contributed by atoms with van der Waals surface area (Å²) >= 11 is 0. The molecule has 2 bridgehead atoms. The highest BCUT2D eigenvalue weighted by atomic mass is 16.1. The number of carbonyl (C=O) groups excluding carboxylic acids is 1. The second-order valence-electron chi connectivity index (χ2n) is 9.41. The summed E-state index contributed by atoms with van der Waals surface area (Å²) in [5, 5.41) is 0. The van der Waals surface area contributed by atoms with Gasteiger partial charge in [0.1, 0.15) is 0 Å². The molecule has 6 atom stereocenters. The van der Waals surface area contributed by atoms with Gasteiger partial charge in [0.15, 0.2) is 5.78 Å². The van der Waals surface area contributed by atoms with Crippen LogP contribution in [0.3, 0.4) is 0 Å². The van der Waals surface area contributed by atoms with Gasteiger partial charge in [-0.1, -0.05) is 79.7 Å². The van der Waals surface area contributed by atoms with Crippen LogP contribution in [0.15, 0.2) is 78.4 Å². The van der Waals surface area contributed by atoms with E-state index >= 15 is 0 Å². The van der Waals surface area contributed by atoms with E-state index in [0.717, 1.165) is 5.57 Å². The molecule has 7 rings (SSSR count). The Morgan fingerprint density at radius 2 is 1.39 bits per heavy atom. The van der Waals surface area contributed by atoms with Crippen LogP contribution in [0.1, 0.15) is 37.8 Å². The first-order valence-corrected chi connectivity index (χ1v) is 10.7. The molecule has 2 fully saturated rings. The molecule has 2 aromatic carbocycles. The van der Waals surface area contributed by atoms with Gasteiger partial charge in [-0.2, -0.15) is 0 Å². The molecule has 2 saturated carbocycles. The summed E-state index contributed by atoms with van der Waals surface area (Å²) in [5.41, 5.74) is 4.18. The highest BCUT2D eigenvalue weighted by molar-refractivity contribution is 6.15. The highest BCUT2D eigenvalue weighted by Gasteiger charge is 2.74. The van der Waals surface area contributed by atoms with Crippen molar-refractivity contribution in [2.75, 3.05) is 0 Å². The van der Waals surface area contributed by atoms with Gasteiger partial charge in [-0.3, -0.25) is 4.79 Å². The second-order valence-corrected chi connectivity index (χ2v) is 9.41. The van der Waals surface area contributed by atoms with Crippen LogP contribution in [0.2, 0.25) is 0 Å². The lowest BCUT2D eigenvalue weighted by Gasteiger charge is -2.67. The Morgan fingerprint density at radius 3 is 2.04 bits per heavy atom. The molecule has 0 N–H and O–H groups in total. The van der Waals surface area contributed by atoms with Gasteiger partial charge in [-0.05, 0) is 65.7 Å². The van der Waals surface area contributed by atoms with Crippen molar-refractivity contribution in [2.45, 2.75) is 32.1 Å². The molecule has 0 unspecified atom stereocenters. The molecule has 1 heteroatoms. The SMILES string of the molecule is CC1=C(c2ccccc2)[C@]2(c3ccccc3)[C@H]3C=C[C@H]([C@H]4CC[C@@H]43)[C@]2(C)C1=O. The molecule has 140 valence electrons. The summed E-state index contributed by atoms with van der Waals surface area (Å²) in [6.45, 7) is 4.37. The first-order chi connectivity index (χ1) is 13.6. The third kappa shape index (κ3) is 1.61. The number of hydrogen-bond acceptors (Lipinski definition) is 1. The van der Waals surface area contributed by atoms with Crippen LogP contribution in [0.5, 0.6) is 0 Å². The van der Waals surface area contributed by atoms with Crippen LogP contribution >= 0.6 is 0 Å². The Morgan fingerprint density at radius 1 is 0.821 bits per heavy atom. The standard InChI is InChI=1S/C27H26O/c1-17-24(18-9-5-3-6-10-18)27(19-11-7-4-8-12-19)23-16-15-22(20-13-14-21(20)23)26(27,2)25(17)28/h3-12,15-16,20-23H,13-14H2,1-2H3/t20-,21-,22+,23-,26+,27-/m0/s1. The number of rotatable bonds is 2. The first-order valence-electron chi connectivity index (χ1n) is 10.7. The largest absolute Gasteiger partial charge is 0.294 e. The van der Waals surface area contributed by atoms with Gasteiger partial charge in [0, 0.05) is 5.41 Å². The summed E-state index contributed by atoms with van der Waals surface area (Å²) in [6, 6.07) is 21.6. The summed E-state index contributed by atoms with van der Waals surface area (Å²) < 4.78 is 0. The number of hydrogen-bond donors (Lipinski definition) is 0. The van der Waals surface area contributed by atoms with Crippen molar-refractivity contribution in [3.05, 3.63) is 89.5 Å². The molecule has 0 saturated heterocycles. The van der Waals surface area contributed by atoms with Crippen molar-refractivity contribution < 1.29 is 4.79 Å². The van der Waals surface area contributed by atoms with Crippen LogP contribution < -0.4 is 0 Å². The van der Waals surface area contributed by atoms with Crippen molar-refractivity contribution in [2.24, 2.45) is 29.1 Å². The van der Waals surface area contributed by atoms with Gasteiger partial charge in [-0.15, -0.1) is 0 Å². The number of ketones is 1. The van der Waals surface area contributed by atoms with E-state index in [2.05, 4.69) is 86.7 Å². The summed E-state index contributed by atoms with van der Waals surface area (Å²) in [6.07, 6.45) is 7.47. The lowest BCUT2D eigenvalue weighted by Crippen LogP contribution is -2.66. The van der Waals surface area contributed by atoms with Crippen LogP contribution in [-0.2, 0) is 10.2 Å². The third-order valence-electron chi connectivity index (χ3n) is 8.69. The van der Waals surface area contributed by atoms with Crippen molar-refractivity contribution in [3.63, 3.8) is 0 Å². The molecule has 0 aromatic heterocycles. The van der Waals surface area contributed by atoms with Crippen LogP contribution in [-0.4, -0.2) is 5.78 Å². The smallest absolute Gasteiger partial charge is 0.166 e. The molecule has 0 heterocycles. The van der Waals surface area contributed by atoms with Gasteiger partial charge < -0.3 is 0 Å². The van der Waals surface area contributed by atoms with E-state index in [-0.39, 0.29) is 10.8 Å². The van der Waals surface area contributed by atoms with E-state index in [4.69, 9.17) is 0 Å². The second kappa shape index (κ2) is 5.35. The van der Waals surface area contributed by atoms with E-state index in [0.29, 0.717) is 29.5 Å². The zero-order valence-corrected chi connectivity index (χ0v) is 16.6. The van der Waals surface area contributed by atoms with Gasteiger partial charge in [0.2, 0.25) is 0 Å². The average Bonchev–Trinajstić information content (AvgIpc) is 2.90. The summed E-state index contributed by atoms with van der Waals surface area (Å²) in [4.78, 5) is 14.0. The highest BCUT2D eigenvalue weighted by Crippen LogP contribution is 2.76. The van der Waals surface area contributed by atoms with Gasteiger partial charge in [0.05, 0.1) is 5.41 Å². The lowest BCUT2D eigenvalue weighted by molar-refractivity contribution is -0.146. The summed E-state index contributed by atoms with van der Waals surface area (Å²) in [7, 11) is 0. The van der Waals surface area contributed by atoms with Crippen molar-refractivity contribution in [1.82, 2.24) is 0 Å². The maximum Gasteiger partial charge on any atom is 0.166 e. The van der Waals surface area contributed by atoms with Crippen molar-refractivity contribution in [3.8, 4) is 0 Å². The van der Waals surface area contributed by atoms with Gasteiger partial charge >= 0.3 is 0 Å². The maximum absolute atomic E-state index is 14.0. The molecule has 5 aliphatic rings. The van der Waals surface area contributed by atoms with Gasteiger partial charge in [-0.25, -0.2) is 0 Å². The van der Waals surface area contributed by atoms with E-state index in [9.17, 15) is 4.79 Å². The zero-order valence-electron chi connectivity index (χ0n) is 16.6. The zero-order chi connectivity index (χ0) is 19.1. The van der Waals surface area contributed by atoms with Gasteiger partial charge in [0.25, 0.3) is 0 Å². The van der Waals surface area contributed by atoms with E-state index < -0.39 is 0 Å². The molecule has 28 heavy (non-hydrogen) atoms. The fraction of sp³-hybridized carbons (Fsp3) is 0.370. The normalized spacial score (nSPS) is 40.3. The Labute approximate surface area is 167 Å². The fourth-order valence-corrected chi connectivity index (χ4v) is 7.61. The Kier molecular flexibility index (Phi) is 3.16. The molecule has 5 aliphatic carbocycles. The Balaban J connectivity index is 1.73. The minimum Gasteiger partial charge on any atom is -0.294 e. The summed E-state index contributed by atoms with van der Waals surface area (Å²) in [5.74, 6) is 2.52. The molecule has 0 radical (unpaired) electrons. The van der Waals surface area contributed by atoms with E-state index in [1.54, 1.807) is 0 Å². The quantitative estimate of drug-likeness (QED) is 0.611. The van der Waals surface area contributed by atoms with Crippen LogP contribution in [0, 0.1) is 29.1 Å². The van der Waals surface area contributed by atoms with Crippen molar-refractivity contribution in [1.29, 1.82) is 0 Å². The molecule has 0 amide bonds. The minimum absolute atomic E-state index is 0.252. The molecule has 1 nitrogen and oxygen atoms in total. The predicted octanol–water partition coefficient (Wildman–Crippen LogP) is 5.83. The lowest BCUT2D eigenvalue weighted by atomic mass is 9.34. The Hall–Kier alpha value is -2.41. The fourth-order valence-electron chi connectivity index (χ4n) is 7.61. The first kappa shape index (κ1) is 16.5. The number of benzene rings is 2. The molecular weight excluding hydrogens is 340 g/mol. The molecule has 2 aromatic rings. The third-order valence-corrected chi connectivity index (χ3v) is 8.69. The molecular formula is C27H26O. The van der Waals surface area contributed by atoms with E-state index in [1.807, 2.05) is 0 Å². The van der Waals surface area contributed by atoms with Crippen LogP contribution in [0.4, 0.5) is 0 Å². The monoisotopic (exact) mass is 366 g/mol. The predicted molar refractivity (Wildman–Crippen MR) is 113 cm³/mol. The molecule has 0 spiro atoms. The number of carbonyl (C=O) groups is 1. The topological polar surface area (TPSA) is 17.1 Å². The number of allylic oxidation sites excluding steroid dienone is 4. The Bertz CT molecular complexity index is 1030. The minimum atomic E-state index is -0.384. The van der Waals surface area contributed by atoms with Crippen molar-refractivity contribution >= 4 is 11.4 Å². The van der Waals surface area contributed by atoms with E-state index in [1.165, 1.54) is 29.5 Å². The van der Waals surface area contributed by atoms with Crippen LogP contribution in [0.25, 0.3) is 5.57 Å².